The molecule has 0 bridgehead atoms. The van der Waals surface area contributed by atoms with Crippen LogP contribution in [0.3, 0.4) is 0 Å². The van der Waals surface area contributed by atoms with Crippen molar-refractivity contribution in [1.29, 1.82) is 0 Å². The van der Waals surface area contributed by atoms with E-state index < -0.39 is 6.10 Å². The third kappa shape index (κ3) is 1.36. The minimum atomic E-state index is -0.782. The van der Waals surface area contributed by atoms with E-state index in [1.165, 1.54) is 6.26 Å². The highest BCUT2D eigenvalue weighted by atomic mass is 16.4. The molecule has 1 N–H and O–H groups in total. The SMILES string of the molecule is Cn1ccnc1[C@H](O)c1ccco1. The third-order valence-corrected chi connectivity index (χ3v) is 1.92. The molecule has 68 valence electrons. The lowest BCUT2D eigenvalue weighted by Crippen LogP contribution is -2.05. The lowest BCUT2D eigenvalue weighted by atomic mass is 10.2. The van der Waals surface area contributed by atoms with Gasteiger partial charge in [0.25, 0.3) is 0 Å². The second kappa shape index (κ2) is 3.06. The first-order valence-electron chi connectivity index (χ1n) is 3.97. The summed E-state index contributed by atoms with van der Waals surface area (Å²) in [5.74, 6) is 1.09. The van der Waals surface area contributed by atoms with Crippen molar-refractivity contribution < 1.29 is 9.52 Å². The van der Waals surface area contributed by atoms with Crippen LogP contribution >= 0.6 is 0 Å². The molecule has 0 aromatic carbocycles. The molecule has 0 saturated heterocycles. The fourth-order valence-electron chi connectivity index (χ4n) is 1.21. The van der Waals surface area contributed by atoms with Gasteiger partial charge in [0, 0.05) is 19.4 Å². The van der Waals surface area contributed by atoms with E-state index in [0.29, 0.717) is 11.6 Å². The number of aliphatic hydroxyl groups excluding tert-OH is 1. The lowest BCUT2D eigenvalue weighted by molar-refractivity contribution is 0.177. The van der Waals surface area contributed by atoms with Crippen molar-refractivity contribution in [3.05, 3.63) is 42.4 Å². The summed E-state index contributed by atoms with van der Waals surface area (Å²) < 4.78 is 6.83. The van der Waals surface area contributed by atoms with Gasteiger partial charge in [-0.25, -0.2) is 4.98 Å². The van der Waals surface area contributed by atoms with E-state index in [9.17, 15) is 5.11 Å². The summed E-state index contributed by atoms with van der Waals surface area (Å²) in [6, 6.07) is 3.46. The van der Waals surface area contributed by atoms with E-state index in [0.717, 1.165) is 0 Å². The zero-order valence-corrected chi connectivity index (χ0v) is 7.21. The Balaban J connectivity index is 2.33. The molecule has 0 saturated carbocycles. The molecule has 1 atom stereocenters. The highest BCUT2D eigenvalue weighted by Crippen LogP contribution is 2.19. The van der Waals surface area contributed by atoms with E-state index in [2.05, 4.69) is 4.98 Å². The molecule has 2 rings (SSSR count). The Morgan fingerprint density at radius 3 is 3.00 bits per heavy atom. The van der Waals surface area contributed by atoms with Gasteiger partial charge in [0.05, 0.1) is 6.26 Å². The fraction of sp³-hybridized carbons (Fsp3) is 0.222. The van der Waals surface area contributed by atoms with Crippen LogP contribution in [0.15, 0.2) is 35.2 Å². The van der Waals surface area contributed by atoms with Crippen molar-refractivity contribution in [3.8, 4) is 0 Å². The van der Waals surface area contributed by atoms with Gasteiger partial charge in [-0.05, 0) is 12.1 Å². The van der Waals surface area contributed by atoms with Gasteiger partial charge in [0.2, 0.25) is 0 Å². The van der Waals surface area contributed by atoms with Gasteiger partial charge in [-0.2, -0.15) is 0 Å². The molecule has 0 aliphatic carbocycles. The van der Waals surface area contributed by atoms with Crippen LogP contribution in [0.1, 0.15) is 17.7 Å². The minimum absolute atomic E-state index is 0.509. The Kier molecular flexibility index (Phi) is 1.90. The molecule has 2 heterocycles. The summed E-state index contributed by atoms with van der Waals surface area (Å²) >= 11 is 0. The van der Waals surface area contributed by atoms with Crippen LogP contribution in [0, 0.1) is 0 Å². The largest absolute Gasteiger partial charge is 0.466 e. The minimum Gasteiger partial charge on any atom is -0.466 e. The Morgan fingerprint density at radius 1 is 1.62 bits per heavy atom. The van der Waals surface area contributed by atoms with Gasteiger partial charge < -0.3 is 14.1 Å². The first-order chi connectivity index (χ1) is 6.29. The average molecular weight is 178 g/mol. The Hall–Kier alpha value is -1.55. The van der Waals surface area contributed by atoms with Crippen LogP contribution in [-0.4, -0.2) is 14.7 Å². The van der Waals surface area contributed by atoms with E-state index in [1.54, 1.807) is 29.1 Å². The van der Waals surface area contributed by atoms with E-state index in [4.69, 9.17) is 4.42 Å². The molecular formula is C9H10N2O2. The topological polar surface area (TPSA) is 51.2 Å². The van der Waals surface area contributed by atoms with Crippen molar-refractivity contribution in [3.63, 3.8) is 0 Å². The maximum atomic E-state index is 9.77. The van der Waals surface area contributed by atoms with Crippen LogP contribution in [-0.2, 0) is 7.05 Å². The molecule has 0 radical (unpaired) electrons. The van der Waals surface area contributed by atoms with Crippen molar-refractivity contribution in [2.45, 2.75) is 6.10 Å². The zero-order valence-electron chi connectivity index (χ0n) is 7.21. The first kappa shape index (κ1) is 8.07. The van der Waals surface area contributed by atoms with Gasteiger partial charge in [0.1, 0.15) is 11.6 Å². The van der Waals surface area contributed by atoms with E-state index >= 15 is 0 Å². The molecular weight excluding hydrogens is 168 g/mol. The molecule has 13 heavy (non-hydrogen) atoms. The number of imidazole rings is 1. The maximum Gasteiger partial charge on any atom is 0.169 e. The molecule has 0 unspecified atom stereocenters. The molecule has 0 spiro atoms. The Morgan fingerprint density at radius 2 is 2.46 bits per heavy atom. The smallest absolute Gasteiger partial charge is 0.169 e. The maximum absolute atomic E-state index is 9.77. The molecule has 0 fully saturated rings. The number of hydrogen-bond acceptors (Lipinski definition) is 3. The standard InChI is InChI=1S/C9H10N2O2/c1-11-5-4-10-9(11)8(12)7-3-2-6-13-7/h2-6,8,12H,1H3/t8-/m1/s1. The number of nitrogens with zero attached hydrogens (tertiary/aromatic N) is 2. The van der Waals surface area contributed by atoms with Gasteiger partial charge >= 0.3 is 0 Å². The second-order valence-electron chi connectivity index (χ2n) is 2.81. The third-order valence-electron chi connectivity index (χ3n) is 1.92. The van der Waals surface area contributed by atoms with Crippen LogP contribution in [0.5, 0.6) is 0 Å². The molecule has 0 aliphatic heterocycles. The summed E-state index contributed by atoms with van der Waals surface area (Å²) in [5.41, 5.74) is 0. The summed E-state index contributed by atoms with van der Waals surface area (Å²) in [5, 5.41) is 9.77. The molecule has 4 nitrogen and oxygen atoms in total. The number of hydrogen-bond donors (Lipinski definition) is 1. The van der Waals surface area contributed by atoms with E-state index in [1.807, 2.05) is 7.05 Å². The highest BCUT2D eigenvalue weighted by molar-refractivity contribution is 5.12. The predicted molar refractivity (Wildman–Crippen MR) is 46.0 cm³/mol. The average Bonchev–Trinajstić information content (AvgIpc) is 2.72. The van der Waals surface area contributed by atoms with Crippen LogP contribution in [0.25, 0.3) is 0 Å². The molecule has 4 heteroatoms. The number of aryl methyl sites for hydroxylation is 1. The van der Waals surface area contributed by atoms with Crippen molar-refractivity contribution >= 4 is 0 Å². The quantitative estimate of drug-likeness (QED) is 0.749. The molecule has 2 aromatic rings. The van der Waals surface area contributed by atoms with Crippen molar-refractivity contribution in [2.75, 3.05) is 0 Å². The summed E-state index contributed by atoms with van der Waals surface area (Å²) in [6.45, 7) is 0. The normalized spacial score (nSPS) is 13.1. The van der Waals surface area contributed by atoms with Crippen molar-refractivity contribution in [2.24, 2.45) is 7.05 Å². The molecule has 0 amide bonds. The van der Waals surface area contributed by atoms with Crippen molar-refractivity contribution in [1.82, 2.24) is 9.55 Å². The monoisotopic (exact) mass is 178 g/mol. The summed E-state index contributed by atoms with van der Waals surface area (Å²) in [7, 11) is 1.83. The second-order valence-corrected chi connectivity index (χ2v) is 2.81. The summed E-state index contributed by atoms with van der Waals surface area (Å²) in [6.07, 6.45) is 4.17. The fourth-order valence-corrected chi connectivity index (χ4v) is 1.21. The van der Waals surface area contributed by atoms with Gasteiger partial charge in [0.15, 0.2) is 6.10 Å². The van der Waals surface area contributed by atoms with Gasteiger partial charge in [-0.1, -0.05) is 0 Å². The number of furan rings is 1. The van der Waals surface area contributed by atoms with Crippen LogP contribution in [0.4, 0.5) is 0 Å². The Bertz CT molecular complexity index is 378. The first-order valence-corrected chi connectivity index (χ1v) is 3.97. The number of rotatable bonds is 2. The number of aromatic nitrogens is 2. The molecule has 0 aliphatic rings. The summed E-state index contributed by atoms with van der Waals surface area (Å²) in [4.78, 5) is 4.02. The number of aliphatic hydroxyl groups is 1. The zero-order chi connectivity index (χ0) is 9.26. The van der Waals surface area contributed by atoms with Gasteiger partial charge in [-0.3, -0.25) is 0 Å². The lowest BCUT2D eigenvalue weighted by Gasteiger charge is -2.06. The highest BCUT2D eigenvalue weighted by Gasteiger charge is 2.16. The Labute approximate surface area is 75.4 Å². The molecule has 2 aromatic heterocycles. The predicted octanol–water partition coefficient (Wildman–Crippen LogP) is 1.09. The van der Waals surface area contributed by atoms with E-state index in [-0.39, 0.29) is 0 Å². The van der Waals surface area contributed by atoms with Crippen LogP contribution in [0.2, 0.25) is 0 Å². The van der Waals surface area contributed by atoms with Gasteiger partial charge in [-0.15, -0.1) is 0 Å². The van der Waals surface area contributed by atoms with Crippen LogP contribution < -0.4 is 0 Å².